The zero-order valence-electron chi connectivity index (χ0n) is 8.28. The van der Waals surface area contributed by atoms with E-state index >= 15 is 0 Å². The Labute approximate surface area is 96.4 Å². The van der Waals surface area contributed by atoms with Crippen LogP contribution in [0.15, 0.2) is 4.73 Å². The van der Waals surface area contributed by atoms with Crippen molar-refractivity contribution in [1.29, 1.82) is 5.26 Å². The van der Waals surface area contributed by atoms with Crippen molar-refractivity contribution < 1.29 is 0 Å². The van der Waals surface area contributed by atoms with E-state index in [9.17, 15) is 5.26 Å². The summed E-state index contributed by atoms with van der Waals surface area (Å²) < 4.78 is 2.27. The third-order valence-corrected chi connectivity index (χ3v) is 3.48. The summed E-state index contributed by atoms with van der Waals surface area (Å²) >= 11 is 3.28. The van der Waals surface area contributed by atoms with Crippen molar-refractivity contribution in [3.63, 3.8) is 0 Å². The lowest BCUT2D eigenvalue weighted by Crippen LogP contribution is -2.22. The van der Waals surface area contributed by atoms with Crippen molar-refractivity contribution in [2.75, 3.05) is 5.73 Å². The summed E-state index contributed by atoms with van der Waals surface area (Å²) in [5.74, 6) is 0.243. The molecule has 0 unspecified atom stereocenters. The molecular formula is C9H12BrN5. The Morgan fingerprint density at radius 1 is 1.53 bits per heavy atom. The van der Waals surface area contributed by atoms with Crippen LogP contribution < -0.4 is 5.73 Å². The minimum Gasteiger partial charge on any atom is -0.366 e. The van der Waals surface area contributed by atoms with E-state index in [0.717, 1.165) is 25.7 Å². The van der Waals surface area contributed by atoms with E-state index in [1.165, 1.54) is 0 Å². The SMILES string of the molecule is N#CC1(Cn2nc(N)nc2Br)CCCC1. The van der Waals surface area contributed by atoms with Gasteiger partial charge >= 0.3 is 0 Å². The first-order valence-electron chi connectivity index (χ1n) is 4.92. The summed E-state index contributed by atoms with van der Waals surface area (Å²) in [6.45, 7) is 0.578. The minimum absolute atomic E-state index is 0.243. The normalized spacial score (nSPS) is 18.9. The fourth-order valence-corrected chi connectivity index (χ4v) is 2.47. The number of nitrogens with zero attached hydrogens (tertiary/aromatic N) is 4. The molecule has 1 aliphatic carbocycles. The van der Waals surface area contributed by atoms with E-state index < -0.39 is 0 Å². The van der Waals surface area contributed by atoms with Gasteiger partial charge in [0.25, 0.3) is 0 Å². The number of nitrogens with two attached hydrogens (primary N) is 1. The number of nitrogen functional groups attached to an aromatic ring is 1. The maximum atomic E-state index is 9.22. The molecule has 1 fully saturated rings. The van der Waals surface area contributed by atoms with Gasteiger partial charge in [0, 0.05) is 0 Å². The molecule has 0 saturated heterocycles. The fourth-order valence-electron chi connectivity index (χ4n) is 2.08. The molecule has 1 heterocycles. The number of hydrogen-bond acceptors (Lipinski definition) is 4. The zero-order chi connectivity index (χ0) is 10.9. The van der Waals surface area contributed by atoms with Gasteiger partial charge in [-0.25, -0.2) is 4.68 Å². The van der Waals surface area contributed by atoms with Crippen LogP contribution >= 0.6 is 15.9 Å². The molecule has 80 valence electrons. The van der Waals surface area contributed by atoms with Crippen molar-refractivity contribution in [3.8, 4) is 6.07 Å². The Hall–Kier alpha value is -1.09. The first kappa shape index (κ1) is 10.4. The Bertz CT molecular complexity index is 399. The highest BCUT2D eigenvalue weighted by Gasteiger charge is 2.35. The number of halogens is 1. The first-order valence-corrected chi connectivity index (χ1v) is 5.72. The second-order valence-electron chi connectivity index (χ2n) is 4.00. The summed E-state index contributed by atoms with van der Waals surface area (Å²) in [5.41, 5.74) is 5.21. The summed E-state index contributed by atoms with van der Waals surface area (Å²) in [7, 11) is 0. The van der Waals surface area contributed by atoms with Gasteiger partial charge in [-0.1, -0.05) is 12.8 Å². The van der Waals surface area contributed by atoms with Gasteiger partial charge in [0.05, 0.1) is 18.0 Å². The molecule has 1 saturated carbocycles. The van der Waals surface area contributed by atoms with Crippen LogP contribution in [0, 0.1) is 16.7 Å². The molecule has 0 aliphatic heterocycles. The topological polar surface area (TPSA) is 80.5 Å². The van der Waals surface area contributed by atoms with Crippen molar-refractivity contribution in [3.05, 3.63) is 4.73 Å². The number of nitriles is 1. The quantitative estimate of drug-likeness (QED) is 0.886. The minimum atomic E-state index is -0.275. The highest BCUT2D eigenvalue weighted by molar-refractivity contribution is 9.10. The second kappa shape index (κ2) is 3.81. The van der Waals surface area contributed by atoms with Gasteiger partial charge < -0.3 is 5.73 Å². The first-order chi connectivity index (χ1) is 7.15. The van der Waals surface area contributed by atoms with Crippen molar-refractivity contribution in [1.82, 2.24) is 14.8 Å². The molecule has 1 aliphatic rings. The van der Waals surface area contributed by atoms with E-state index in [-0.39, 0.29) is 11.4 Å². The van der Waals surface area contributed by atoms with Crippen LogP contribution in [-0.2, 0) is 6.54 Å². The summed E-state index contributed by atoms with van der Waals surface area (Å²) in [5, 5.41) is 13.3. The average Bonchev–Trinajstić information content (AvgIpc) is 2.76. The monoisotopic (exact) mass is 269 g/mol. The summed E-state index contributed by atoms with van der Waals surface area (Å²) in [6, 6.07) is 2.41. The van der Waals surface area contributed by atoms with Gasteiger partial charge in [-0.2, -0.15) is 10.2 Å². The molecule has 6 heteroatoms. The Balaban J connectivity index is 2.20. The van der Waals surface area contributed by atoms with Gasteiger partial charge in [0.1, 0.15) is 0 Å². The summed E-state index contributed by atoms with van der Waals surface area (Å²) in [4.78, 5) is 3.96. The predicted molar refractivity (Wildman–Crippen MR) is 58.6 cm³/mol. The maximum absolute atomic E-state index is 9.22. The molecular weight excluding hydrogens is 258 g/mol. The van der Waals surface area contributed by atoms with Crippen molar-refractivity contribution in [2.45, 2.75) is 32.2 Å². The lowest BCUT2D eigenvalue weighted by atomic mass is 9.88. The predicted octanol–water partition coefficient (Wildman–Crippen LogP) is 1.71. The average molecular weight is 270 g/mol. The number of aromatic nitrogens is 3. The van der Waals surface area contributed by atoms with Crippen molar-refractivity contribution >= 4 is 21.9 Å². The Morgan fingerprint density at radius 3 is 2.67 bits per heavy atom. The second-order valence-corrected chi connectivity index (χ2v) is 4.71. The Morgan fingerprint density at radius 2 is 2.20 bits per heavy atom. The molecule has 0 aromatic carbocycles. The lowest BCUT2D eigenvalue weighted by molar-refractivity contribution is 0.323. The van der Waals surface area contributed by atoms with Crippen LogP contribution in [-0.4, -0.2) is 14.8 Å². The van der Waals surface area contributed by atoms with E-state index in [1.54, 1.807) is 4.68 Å². The largest absolute Gasteiger partial charge is 0.366 e. The van der Waals surface area contributed by atoms with Crippen LogP contribution in [0.4, 0.5) is 5.95 Å². The van der Waals surface area contributed by atoms with Crippen LogP contribution in [0.25, 0.3) is 0 Å². The fraction of sp³-hybridized carbons (Fsp3) is 0.667. The standard InChI is InChI=1S/C9H12BrN5/c10-7-13-8(12)14-15(7)6-9(5-11)3-1-2-4-9/h1-4,6H2,(H2,12,14). The molecule has 1 aromatic rings. The van der Waals surface area contributed by atoms with Gasteiger partial charge in [-0.15, -0.1) is 5.10 Å². The van der Waals surface area contributed by atoms with Crippen LogP contribution in [0.5, 0.6) is 0 Å². The highest BCUT2D eigenvalue weighted by Crippen LogP contribution is 2.39. The molecule has 15 heavy (non-hydrogen) atoms. The molecule has 0 spiro atoms. The molecule has 0 amide bonds. The molecule has 0 atom stereocenters. The molecule has 0 bridgehead atoms. The van der Waals surface area contributed by atoms with Gasteiger partial charge in [-0.3, -0.25) is 0 Å². The highest BCUT2D eigenvalue weighted by atomic mass is 79.9. The van der Waals surface area contributed by atoms with Crippen LogP contribution in [0.3, 0.4) is 0 Å². The molecule has 2 rings (SSSR count). The van der Waals surface area contributed by atoms with Crippen LogP contribution in [0.1, 0.15) is 25.7 Å². The van der Waals surface area contributed by atoms with Crippen molar-refractivity contribution in [2.24, 2.45) is 5.41 Å². The molecule has 0 radical (unpaired) electrons. The van der Waals surface area contributed by atoms with E-state index in [4.69, 9.17) is 5.73 Å². The third kappa shape index (κ3) is 1.97. The zero-order valence-corrected chi connectivity index (χ0v) is 9.87. The molecule has 1 aromatic heterocycles. The number of hydrogen-bond donors (Lipinski definition) is 1. The third-order valence-electron chi connectivity index (χ3n) is 2.89. The number of rotatable bonds is 2. The maximum Gasteiger partial charge on any atom is 0.240 e. The lowest BCUT2D eigenvalue weighted by Gasteiger charge is -2.19. The van der Waals surface area contributed by atoms with Gasteiger partial charge in [0.15, 0.2) is 4.73 Å². The van der Waals surface area contributed by atoms with E-state index in [0.29, 0.717) is 11.3 Å². The summed E-state index contributed by atoms with van der Waals surface area (Å²) in [6.07, 6.45) is 4.12. The molecule has 2 N–H and O–H groups in total. The number of anilines is 1. The smallest absolute Gasteiger partial charge is 0.240 e. The Kier molecular flexibility index (Phi) is 2.65. The van der Waals surface area contributed by atoms with Gasteiger partial charge in [0.2, 0.25) is 5.95 Å². The molecule has 5 nitrogen and oxygen atoms in total. The van der Waals surface area contributed by atoms with Crippen LogP contribution in [0.2, 0.25) is 0 Å². The van der Waals surface area contributed by atoms with Gasteiger partial charge in [-0.05, 0) is 28.8 Å². The van der Waals surface area contributed by atoms with E-state index in [2.05, 4.69) is 32.1 Å². The van der Waals surface area contributed by atoms with E-state index in [1.807, 2.05) is 0 Å².